The van der Waals surface area contributed by atoms with Crippen molar-refractivity contribution in [3.05, 3.63) is 71.4 Å². The summed E-state index contributed by atoms with van der Waals surface area (Å²) in [6.07, 6.45) is 3.98. The number of fused-ring (bicyclic) bond motifs is 1. The minimum atomic E-state index is -0.247. The summed E-state index contributed by atoms with van der Waals surface area (Å²) in [5, 5.41) is 1.26. The molecule has 1 aromatic heterocycles. The van der Waals surface area contributed by atoms with Crippen LogP contribution in [0.15, 0.2) is 54.7 Å². The lowest BCUT2D eigenvalue weighted by molar-refractivity contribution is 0.0505. The van der Waals surface area contributed by atoms with Gasteiger partial charge in [0.1, 0.15) is 0 Å². The van der Waals surface area contributed by atoms with Crippen LogP contribution in [-0.4, -0.2) is 17.1 Å². The third-order valence-electron chi connectivity index (χ3n) is 4.20. The van der Waals surface area contributed by atoms with Crippen LogP contribution in [0.1, 0.15) is 41.8 Å². The molecule has 0 N–H and O–H groups in total. The number of carbonyl (C=O) groups excluding carboxylic acids is 1. The fourth-order valence-corrected chi connectivity index (χ4v) is 2.88. The number of ether oxygens (including phenoxy) is 1. The third-order valence-corrected chi connectivity index (χ3v) is 4.20. The fourth-order valence-electron chi connectivity index (χ4n) is 2.88. The van der Waals surface area contributed by atoms with Gasteiger partial charge in [0.25, 0.3) is 0 Å². The van der Waals surface area contributed by atoms with E-state index in [1.165, 1.54) is 16.5 Å². The van der Waals surface area contributed by atoms with E-state index in [2.05, 4.69) is 42.0 Å². The highest BCUT2D eigenvalue weighted by atomic mass is 16.5. The molecule has 0 atom stereocenters. The largest absolute Gasteiger partial charge is 0.462 e. The van der Waals surface area contributed by atoms with Gasteiger partial charge in [-0.25, -0.2) is 4.79 Å². The molecule has 124 valence electrons. The molecule has 0 amide bonds. The summed E-state index contributed by atoms with van der Waals surface area (Å²) in [4.78, 5) is 12.0. The molecule has 0 fully saturated rings. The number of rotatable bonds is 6. The minimum absolute atomic E-state index is 0.247. The molecule has 0 aliphatic heterocycles. The van der Waals surface area contributed by atoms with Crippen molar-refractivity contribution in [3.63, 3.8) is 0 Å². The van der Waals surface area contributed by atoms with E-state index in [1.54, 1.807) is 0 Å². The smallest absolute Gasteiger partial charge is 0.338 e. The first kappa shape index (κ1) is 16.3. The van der Waals surface area contributed by atoms with Gasteiger partial charge in [-0.3, -0.25) is 0 Å². The average Bonchev–Trinajstić information content (AvgIpc) is 3.01. The van der Waals surface area contributed by atoms with Crippen molar-refractivity contribution in [2.75, 3.05) is 6.61 Å². The van der Waals surface area contributed by atoms with Gasteiger partial charge in [0.15, 0.2) is 0 Å². The second-order valence-corrected chi connectivity index (χ2v) is 6.03. The molecule has 0 spiro atoms. The maximum Gasteiger partial charge on any atom is 0.338 e. The molecule has 3 aromatic rings. The molecule has 0 aliphatic carbocycles. The van der Waals surface area contributed by atoms with Crippen molar-refractivity contribution in [1.82, 2.24) is 4.57 Å². The normalized spacial score (nSPS) is 10.9. The number of esters is 1. The molecular weight excluding hydrogens is 298 g/mol. The summed E-state index contributed by atoms with van der Waals surface area (Å²) in [7, 11) is 0. The molecule has 0 saturated heterocycles. The zero-order chi connectivity index (χ0) is 16.9. The molecule has 0 bridgehead atoms. The highest BCUT2D eigenvalue weighted by Gasteiger charge is 2.08. The Kier molecular flexibility index (Phi) is 4.99. The van der Waals surface area contributed by atoms with Crippen molar-refractivity contribution in [2.24, 2.45) is 0 Å². The summed E-state index contributed by atoms with van der Waals surface area (Å²) in [5.74, 6) is -0.247. The maximum atomic E-state index is 12.0. The van der Waals surface area contributed by atoms with Crippen LogP contribution in [-0.2, 0) is 17.7 Å². The van der Waals surface area contributed by atoms with Gasteiger partial charge in [0.2, 0.25) is 0 Å². The number of aryl methyl sites for hydroxylation is 1. The van der Waals surface area contributed by atoms with Gasteiger partial charge in [-0.15, -0.1) is 0 Å². The van der Waals surface area contributed by atoms with E-state index in [1.807, 2.05) is 31.2 Å². The van der Waals surface area contributed by atoms with Gasteiger partial charge in [-0.1, -0.05) is 32.0 Å². The Morgan fingerprint density at radius 2 is 1.92 bits per heavy atom. The third kappa shape index (κ3) is 3.51. The molecule has 0 unspecified atom stereocenters. The maximum absolute atomic E-state index is 12.0. The lowest BCUT2D eigenvalue weighted by Gasteiger charge is -2.08. The van der Waals surface area contributed by atoms with E-state index in [0.29, 0.717) is 12.2 Å². The van der Waals surface area contributed by atoms with Crippen molar-refractivity contribution in [2.45, 2.75) is 33.2 Å². The second-order valence-electron chi connectivity index (χ2n) is 6.03. The van der Waals surface area contributed by atoms with Crippen LogP contribution in [0.5, 0.6) is 0 Å². The topological polar surface area (TPSA) is 31.2 Å². The summed E-state index contributed by atoms with van der Waals surface area (Å²) >= 11 is 0. The Morgan fingerprint density at radius 3 is 2.71 bits per heavy atom. The summed E-state index contributed by atoms with van der Waals surface area (Å²) in [6, 6.07) is 16.4. The highest BCUT2D eigenvalue weighted by Crippen LogP contribution is 2.20. The Balaban J connectivity index is 1.82. The van der Waals surface area contributed by atoms with Crippen LogP contribution in [0.25, 0.3) is 10.9 Å². The number of benzene rings is 2. The molecule has 0 radical (unpaired) electrons. The molecular formula is C21H23NO2. The van der Waals surface area contributed by atoms with Gasteiger partial charge in [0.05, 0.1) is 12.2 Å². The van der Waals surface area contributed by atoms with Crippen molar-refractivity contribution in [1.29, 1.82) is 0 Å². The standard InChI is InChI=1S/C21H23NO2/c1-3-12-24-21(23)19-7-5-6-17(14-19)15-22-11-10-18-13-16(4-2)8-9-20(18)22/h5-11,13-14H,3-4,12,15H2,1-2H3. The molecule has 3 heteroatoms. The van der Waals surface area contributed by atoms with E-state index in [4.69, 9.17) is 4.74 Å². The van der Waals surface area contributed by atoms with Crippen LogP contribution in [0.4, 0.5) is 0 Å². The molecule has 2 aromatic carbocycles. The highest BCUT2D eigenvalue weighted by molar-refractivity contribution is 5.89. The molecule has 3 nitrogen and oxygen atoms in total. The molecule has 24 heavy (non-hydrogen) atoms. The van der Waals surface area contributed by atoms with Crippen LogP contribution in [0, 0.1) is 0 Å². The second kappa shape index (κ2) is 7.35. The minimum Gasteiger partial charge on any atom is -0.462 e. The summed E-state index contributed by atoms with van der Waals surface area (Å²) < 4.78 is 7.43. The number of aromatic nitrogens is 1. The first-order valence-electron chi connectivity index (χ1n) is 8.55. The molecule has 3 rings (SSSR count). The summed E-state index contributed by atoms with van der Waals surface area (Å²) in [6.45, 7) is 5.36. The fraction of sp³-hybridized carbons (Fsp3) is 0.286. The zero-order valence-corrected chi connectivity index (χ0v) is 14.3. The lowest BCUT2D eigenvalue weighted by atomic mass is 10.1. The van der Waals surface area contributed by atoms with Gasteiger partial charge < -0.3 is 9.30 Å². The van der Waals surface area contributed by atoms with Gasteiger partial charge >= 0.3 is 5.97 Å². The Morgan fingerprint density at radius 1 is 1.04 bits per heavy atom. The van der Waals surface area contributed by atoms with E-state index in [0.717, 1.165) is 24.9 Å². The zero-order valence-electron chi connectivity index (χ0n) is 14.3. The Labute approximate surface area is 142 Å². The quantitative estimate of drug-likeness (QED) is 0.610. The molecule has 1 heterocycles. The summed E-state index contributed by atoms with van der Waals surface area (Å²) in [5.41, 5.74) is 4.27. The van der Waals surface area contributed by atoms with Gasteiger partial charge in [-0.2, -0.15) is 0 Å². The Bertz CT molecular complexity index is 848. The SMILES string of the molecule is CCCOC(=O)c1cccc(Cn2ccc3cc(CC)ccc32)c1. The molecule has 0 saturated carbocycles. The number of nitrogens with zero attached hydrogens (tertiary/aromatic N) is 1. The number of carbonyl (C=O) groups is 1. The lowest BCUT2D eigenvalue weighted by Crippen LogP contribution is -2.07. The van der Waals surface area contributed by atoms with Crippen molar-refractivity contribution >= 4 is 16.9 Å². The first-order valence-corrected chi connectivity index (χ1v) is 8.55. The van der Waals surface area contributed by atoms with Crippen LogP contribution < -0.4 is 0 Å². The van der Waals surface area contributed by atoms with Gasteiger partial charge in [0, 0.05) is 18.3 Å². The predicted molar refractivity (Wildman–Crippen MR) is 97.4 cm³/mol. The molecule has 0 aliphatic rings. The number of hydrogen-bond acceptors (Lipinski definition) is 2. The predicted octanol–water partition coefficient (Wildman–Crippen LogP) is 4.82. The van der Waals surface area contributed by atoms with E-state index in [-0.39, 0.29) is 5.97 Å². The van der Waals surface area contributed by atoms with Crippen LogP contribution in [0.3, 0.4) is 0 Å². The van der Waals surface area contributed by atoms with E-state index in [9.17, 15) is 4.79 Å². The van der Waals surface area contributed by atoms with E-state index >= 15 is 0 Å². The monoisotopic (exact) mass is 321 g/mol. The van der Waals surface area contributed by atoms with E-state index < -0.39 is 0 Å². The van der Waals surface area contributed by atoms with Gasteiger partial charge in [-0.05, 0) is 59.7 Å². The Hall–Kier alpha value is -2.55. The van der Waals surface area contributed by atoms with Crippen molar-refractivity contribution < 1.29 is 9.53 Å². The van der Waals surface area contributed by atoms with Crippen molar-refractivity contribution in [3.8, 4) is 0 Å². The van der Waals surface area contributed by atoms with Crippen LogP contribution >= 0.6 is 0 Å². The van der Waals surface area contributed by atoms with Crippen LogP contribution in [0.2, 0.25) is 0 Å². The number of hydrogen-bond donors (Lipinski definition) is 0. The average molecular weight is 321 g/mol. The first-order chi connectivity index (χ1) is 11.7.